The summed E-state index contributed by atoms with van der Waals surface area (Å²) in [5.74, 6) is 0.230. The summed E-state index contributed by atoms with van der Waals surface area (Å²) >= 11 is 0. The van der Waals surface area contributed by atoms with Gasteiger partial charge >= 0.3 is 0 Å². The van der Waals surface area contributed by atoms with Crippen LogP contribution in [0.1, 0.15) is 5.56 Å². The fourth-order valence-corrected chi connectivity index (χ4v) is 1.95. The zero-order chi connectivity index (χ0) is 13.1. The number of phenolic OH excluding ortho intramolecular Hbond substituents is 1. The SMILES string of the molecule is Oc1ccccc1C=Nc1cccc2cnccc12. The largest absolute Gasteiger partial charge is 0.507 e. The zero-order valence-electron chi connectivity index (χ0n) is 10.2. The van der Waals surface area contributed by atoms with Crippen LogP contribution in [0.25, 0.3) is 10.8 Å². The molecule has 0 atom stereocenters. The number of nitrogens with zero attached hydrogens (tertiary/aromatic N) is 2. The molecule has 2 aromatic carbocycles. The van der Waals surface area contributed by atoms with Gasteiger partial charge in [0, 0.05) is 34.9 Å². The van der Waals surface area contributed by atoms with Crippen LogP contribution >= 0.6 is 0 Å². The van der Waals surface area contributed by atoms with Crippen LogP contribution in [0.5, 0.6) is 5.75 Å². The first kappa shape index (κ1) is 11.4. The molecule has 0 fully saturated rings. The van der Waals surface area contributed by atoms with Gasteiger partial charge in [-0.3, -0.25) is 9.98 Å². The number of benzene rings is 2. The van der Waals surface area contributed by atoms with E-state index in [9.17, 15) is 5.11 Å². The van der Waals surface area contributed by atoms with Crippen LogP contribution < -0.4 is 0 Å². The molecule has 3 heteroatoms. The number of hydrogen-bond acceptors (Lipinski definition) is 3. The molecule has 1 heterocycles. The molecule has 92 valence electrons. The maximum Gasteiger partial charge on any atom is 0.124 e. The van der Waals surface area contributed by atoms with E-state index < -0.39 is 0 Å². The first-order chi connectivity index (χ1) is 9.34. The van der Waals surface area contributed by atoms with E-state index >= 15 is 0 Å². The lowest BCUT2D eigenvalue weighted by molar-refractivity contribution is 0.474. The predicted molar refractivity (Wildman–Crippen MR) is 77.1 cm³/mol. The van der Waals surface area contributed by atoms with Crippen molar-refractivity contribution in [2.45, 2.75) is 0 Å². The maximum atomic E-state index is 9.70. The molecule has 0 aliphatic heterocycles. The summed E-state index contributed by atoms with van der Waals surface area (Å²) in [4.78, 5) is 8.55. The van der Waals surface area contributed by atoms with E-state index in [1.54, 1.807) is 24.5 Å². The highest BCUT2D eigenvalue weighted by Crippen LogP contribution is 2.25. The number of para-hydroxylation sites is 1. The number of aliphatic imine (C=N–C) groups is 1. The van der Waals surface area contributed by atoms with Crippen molar-refractivity contribution in [2.24, 2.45) is 4.99 Å². The van der Waals surface area contributed by atoms with Crippen molar-refractivity contribution in [1.82, 2.24) is 4.98 Å². The van der Waals surface area contributed by atoms with Crippen molar-refractivity contribution in [3.8, 4) is 5.75 Å². The number of pyridine rings is 1. The van der Waals surface area contributed by atoms with Crippen molar-refractivity contribution >= 4 is 22.7 Å². The Bertz CT molecular complexity index is 745. The predicted octanol–water partition coefficient (Wildman–Crippen LogP) is 3.69. The zero-order valence-corrected chi connectivity index (χ0v) is 10.2. The average molecular weight is 248 g/mol. The number of aromatic hydroxyl groups is 1. The fourth-order valence-electron chi connectivity index (χ4n) is 1.95. The molecule has 0 aliphatic rings. The van der Waals surface area contributed by atoms with E-state index in [-0.39, 0.29) is 5.75 Å². The summed E-state index contributed by atoms with van der Waals surface area (Å²) in [7, 11) is 0. The first-order valence-corrected chi connectivity index (χ1v) is 5.99. The van der Waals surface area contributed by atoms with Crippen LogP contribution in [0, 0.1) is 0 Å². The molecule has 19 heavy (non-hydrogen) atoms. The highest BCUT2D eigenvalue weighted by molar-refractivity contribution is 5.95. The van der Waals surface area contributed by atoms with E-state index in [2.05, 4.69) is 9.98 Å². The van der Waals surface area contributed by atoms with Gasteiger partial charge in [-0.15, -0.1) is 0 Å². The monoisotopic (exact) mass is 248 g/mol. The lowest BCUT2D eigenvalue weighted by Gasteiger charge is -2.01. The van der Waals surface area contributed by atoms with Gasteiger partial charge in [0.2, 0.25) is 0 Å². The standard InChI is InChI=1S/C16H12N2O/c19-16-7-2-1-4-13(16)11-18-15-6-3-5-12-10-17-9-8-14(12)15/h1-11,19H. The molecule has 1 aromatic heterocycles. The lowest BCUT2D eigenvalue weighted by atomic mass is 10.1. The van der Waals surface area contributed by atoms with Gasteiger partial charge in [-0.05, 0) is 24.3 Å². The number of hydrogen-bond donors (Lipinski definition) is 1. The van der Waals surface area contributed by atoms with Crippen LogP contribution in [0.4, 0.5) is 5.69 Å². The Morgan fingerprint density at radius 2 is 1.89 bits per heavy atom. The second-order valence-corrected chi connectivity index (χ2v) is 4.19. The molecule has 3 rings (SSSR count). The molecule has 0 aliphatic carbocycles. The van der Waals surface area contributed by atoms with Crippen molar-refractivity contribution < 1.29 is 5.11 Å². The number of aromatic nitrogens is 1. The van der Waals surface area contributed by atoms with E-state index in [0.717, 1.165) is 16.5 Å². The summed E-state index contributed by atoms with van der Waals surface area (Å²) in [6.07, 6.45) is 5.24. The minimum atomic E-state index is 0.230. The Balaban J connectivity index is 2.04. The van der Waals surface area contributed by atoms with E-state index in [4.69, 9.17) is 0 Å². The summed E-state index contributed by atoms with van der Waals surface area (Å²) in [6.45, 7) is 0. The van der Waals surface area contributed by atoms with Gasteiger partial charge in [0.25, 0.3) is 0 Å². The third kappa shape index (κ3) is 2.31. The van der Waals surface area contributed by atoms with Crippen LogP contribution in [0.2, 0.25) is 0 Å². The molecule has 0 spiro atoms. The second kappa shape index (κ2) is 4.90. The van der Waals surface area contributed by atoms with E-state index in [1.165, 1.54) is 0 Å². The van der Waals surface area contributed by atoms with E-state index in [0.29, 0.717) is 5.56 Å². The van der Waals surface area contributed by atoms with Crippen LogP contribution in [-0.4, -0.2) is 16.3 Å². The van der Waals surface area contributed by atoms with Gasteiger partial charge in [0.1, 0.15) is 5.75 Å². The number of phenols is 1. The molecule has 1 N–H and O–H groups in total. The Labute approximate surface area is 110 Å². The van der Waals surface area contributed by atoms with Crippen LogP contribution in [0.15, 0.2) is 65.9 Å². The van der Waals surface area contributed by atoms with Gasteiger partial charge in [0.05, 0.1) is 5.69 Å². The normalized spacial score (nSPS) is 11.2. The molecular formula is C16H12N2O. The van der Waals surface area contributed by atoms with Gasteiger partial charge in [-0.25, -0.2) is 0 Å². The highest BCUT2D eigenvalue weighted by atomic mass is 16.3. The third-order valence-corrected chi connectivity index (χ3v) is 2.94. The quantitative estimate of drug-likeness (QED) is 0.703. The average Bonchev–Trinajstić information content (AvgIpc) is 2.46. The molecule has 0 unspecified atom stereocenters. The van der Waals surface area contributed by atoms with Gasteiger partial charge in [0.15, 0.2) is 0 Å². The van der Waals surface area contributed by atoms with Gasteiger partial charge in [-0.1, -0.05) is 24.3 Å². The van der Waals surface area contributed by atoms with Gasteiger partial charge in [-0.2, -0.15) is 0 Å². The molecule has 3 aromatic rings. The Kier molecular flexibility index (Phi) is 2.94. The minimum absolute atomic E-state index is 0.230. The molecule has 3 nitrogen and oxygen atoms in total. The van der Waals surface area contributed by atoms with Crippen LogP contribution in [0.3, 0.4) is 0 Å². The molecule has 0 saturated heterocycles. The fraction of sp³-hybridized carbons (Fsp3) is 0. The summed E-state index contributed by atoms with van der Waals surface area (Å²) in [5, 5.41) is 11.8. The molecule has 0 bridgehead atoms. The number of rotatable bonds is 2. The van der Waals surface area contributed by atoms with Crippen molar-refractivity contribution in [1.29, 1.82) is 0 Å². The maximum absolute atomic E-state index is 9.70. The second-order valence-electron chi connectivity index (χ2n) is 4.19. The molecule has 0 radical (unpaired) electrons. The molecule has 0 saturated carbocycles. The van der Waals surface area contributed by atoms with Crippen LogP contribution in [-0.2, 0) is 0 Å². The minimum Gasteiger partial charge on any atom is -0.507 e. The molecule has 0 amide bonds. The summed E-state index contributed by atoms with van der Waals surface area (Å²) in [5.41, 5.74) is 1.57. The van der Waals surface area contributed by atoms with Gasteiger partial charge < -0.3 is 5.11 Å². The lowest BCUT2D eigenvalue weighted by Crippen LogP contribution is -1.81. The van der Waals surface area contributed by atoms with Crippen molar-refractivity contribution in [2.75, 3.05) is 0 Å². The Morgan fingerprint density at radius 3 is 2.79 bits per heavy atom. The van der Waals surface area contributed by atoms with Crippen molar-refractivity contribution in [3.63, 3.8) is 0 Å². The summed E-state index contributed by atoms with van der Waals surface area (Å²) in [6, 6.07) is 15.0. The van der Waals surface area contributed by atoms with Crippen molar-refractivity contribution in [3.05, 3.63) is 66.5 Å². The smallest absolute Gasteiger partial charge is 0.124 e. The number of fused-ring (bicyclic) bond motifs is 1. The Hall–Kier alpha value is -2.68. The Morgan fingerprint density at radius 1 is 1.00 bits per heavy atom. The third-order valence-electron chi connectivity index (χ3n) is 2.94. The molecular weight excluding hydrogens is 236 g/mol. The van der Waals surface area contributed by atoms with E-state index in [1.807, 2.05) is 42.6 Å². The first-order valence-electron chi connectivity index (χ1n) is 5.99. The summed E-state index contributed by atoms with van der Waals surface area (Å²) < 4.78 is 0. The topological polar surface area (TPSA) is 45.5 Å². The highest BCUT2D eigenvalue weighted by Gasteiger charge is 1.99.